The number of ether oxygens (including phenoxy) is 1. The highest BCUT2D eigenvalue weighted by Crippen LogP contribution is 2.30. The van der Waals surface area contributed by atoms with Crippen molar-refractivity contribution in [2.75, 3.05) is 18.5 Å². The Balaban J connectivity index is 2.19. The Morgan fingerprint density at radius 1 is 1.12 bits per heavy atom. The number of hydrogen-bond acceptors (Lipinski definition) is 5. The van der Waals surface area contributed by atoms with Gasteiger partial charge in [-0.3, -0.25) is 9.29 Å². The quantitative estimate of drug-likeness (QED) is 0.656. The van der Waals surface area contributed by atoms with Gasteiger partial charge in [0.15, 0.2) is 0 Å². The fourth-order valence-corrected chi connectivity index (χ4v) is 4.04. The van der Waals surface area contributed by atoms with Gasteiger partial charge < -0.3 is 4.74 Å². The highest BCUT2D eigenvalue weighted by Gasteiger charge is 2.27. The summed E-state index contributed by atoms with van der Waals surface area (Å²) in [6, 6.07) is 11.4. The van der Waals surface area contributed by atoms with E-state index in [0.717, 1.165) is 10.4 Å². The van der Waals surface area contributed by atoms with Crippen LogP contribution < -0.4 is 4.31 Å². The van der Waals surface area contributed by atoms with E-state index >= 15 is 0 Å². The van der Waals surface area contributed by atoms with Crippen molar-refractivity contribution in [1.82, 2.24) is 4.98 Å². The van der Waals surface area contributed by atoms with E-state index < -0.39 is 21.8 Å². The second kappa shape index (κ2) is 6.72. The van der Waals surface area contributed by atoms with E-state index in [2.05, 4.69) is 4.98 Å². The molecule has 0 amide bonds. The van der Waals surface area contributed by atoms with Gasteiger partial charge in [-0.25, -0.2) is 17.6 Å². The largest absolute Gasteiger partial charge is 0.465 e. The van der Waals surface area contributed by atoms with Crippen molar-refractivity contribution in [2.24, 2.45) is 0 Å². The van der Waals surface area contributed by atoms with Crippen LogP contribution in [0.25, 0.3) is 10.9 Å². The zero-order valence-corrected chi connectivity index (χ0v) is 14.8. The number of aromatic nitrogens is 1. The molecule has 0 bridgehead atoms. The molecule has 0 unspecified atom stereocenters. The summed E-state index contributed by atoms with van der Waals surface area (Å²) in [5.41, 5.74) is 0.217. The third-order valence-electron chi connectivity index (χ3n) is 3.97. The second-order valence-electron chi connectivity index (χ2n) is 5.43. The van der Waals surface area contributed by atoms with Crippen molar-refractivity contribution < 1.29 is 22.3 Å². The van der Waals surface area contributed by atoms with E-state index in [4.69, 9.17) is 4.74 Å². The lowest BCUT2D eigenvalue weighted by atomic mass is 10.2. The molecule has 0 fully saturated rings. The number of para-hydroxylation sites is 1. The van der Waals surface area contributed by atoms with Gasteiger partial charge in [0.05, 0.1) is 23.3 Å². The molecule has 0 aliphatic heterocycles. The van der Waals surface area contributed by atoms with Crippen molar-refractivity contribution in [3.8, 4) is 0 Å². The van der Waals surface area contributed by atoms with Gasteiger partial charge in [0.2, 0.25) is 0 Å². The van der Waals surface area contributed by atoms with Gasteiger partial charge in [0.1, 0.15) is 11.3 Å². The minimum absolute atomic E-state index is 0.0387. The summed E-state index contributed by atoms with van der Waals surface area (Å²) in [6.07, 6.45) is 1.39. The number of methoxy groups -OCH3 is 1. The minimum atomic E-state index is -4.08. The first kappa shape index (κ1) is 17.8. The molecule has 0 aliphatic carbocycles. The third kappa shape index (κ3) is 2.88. The zero-order valence-electron chi connectivity index (χ0n) is 14.0. The van der Waals surface area contributed by atoms with Crippen molar-refractivity contribution in [2.45, 2.75) is 4.90 Å². The van der Waals surface area contributed by atoms with Gasteiger partial charge in [0, 0.05) is 18.6 Å². The number of rotatable bonds is 4. The van der Waals surface area contributed by atoms with Crippen LogP contribution >= 0.6 is 0 Å². The first-order valence-electron chi connectivity index (χ1n) is 7.57. The Hall–Kier alpha value is -3.00. The lowest BCUT2D eigenvalue weighted by Gasteiger charge is -2.22. The predicted molar refractivity (Wildman–Crippen MR) is 95.1 cm³/mol. The maximum Gasteiger partial charge on any atom is 0.340 e. The van der Waals surface area contributed by atoms with E-state index in [1.807, 2.05) is 0 Å². The van der Waals surface area contributed by atoms with Crippen LogP contribution in [-0.4, -0.2) is 33.5 Å². The maximum absolute atomic E-state index is 14.0. The zero-order chi connectivity index (χ0) is 18.9. The molecule has 3 rings (SSSR count). The summed E-state index contributed by atoms with van der Waals surface area (Å²) in [7, 11) is -1.54. The van der Waals surface area contributed by atoms with Gasteiger partial charge in [-0.2, -0.15) is 0 Å². The molecule has 0 N–H and O–H groups in total. The van der Waals surface area contributed by atoms with E-state index in [9.17, 15) is 17.6 Å². The minimum Gasteiger partial charge on any atom is -0.465 e. The Morgan fingerprint density at radius 3 is 2.58 bits per heavy atom. The van der Waals surface area contributed by atoms with Gasteiger partial charge in [-0.15, -0.1) is 0 Å². The number of pyridine rings is 1. The molecule has 3 aromatic rings. The fraction of sp³-hybridized carbons (Fsp3) is 0.111. The van der Waals surface area contributed by atoms with Crippen LogP contribution in [0.5, 0.6) is 0 Å². The number of benzene rings is 2. The van der Waals surface area contributed by atoms with Crippen molar-refractivity contribution >= 4 is 32.6 Å². The summed E-state index contributed by atoms with van der Waals surface area (Å²) >= 11 is 0. The van der Waals surface area contributed by atoms with E-state index in [0.29, 0.717) is 0 Å². The number of esters is 1. The summed E-state index contributed by atoms with van der Waals surface area (Å²) in [6.45, 7) is 0. The smallest absolute Gasteiger partial charge is 0.340 e. The van der Waals surface area contributed by atoms with Gasteiger partial charge in [0.25, 0.3) is 10.0 Å². The van der Waals surface area contributed by atoms with E-state index in [1.165, 1.54) is 50.7 Å². The normalized spacial score (nSPS) is 11.3. The molecule has 0 spiro atoms. The Kier molecular flexibility index (Phi) is 4.60. The second-order valence-corrected chi connectivity index (χ2v) is 7.36. The Morgan fingerprint density at radius 2 is 1.85 bits per heavy atom. The van der Waals surface area contributed by atoms with E-state index in [1.54, 1.807) is 12.1 Å². The Bertz CT molecular complexity index is 1100. The number of hydrogen-bond donors (Lipinski definition) is 0. The van der Waals surface area contributed by atoms with Crippen LogP contribution in [0.15, 0.2) is 59.6 Å². The number of carbonyl (C=O) groups is 1. The summed E-state index contributed by atoms with van der Waals surface area (Å²) in [5, 5.41) is 0.162. The molecule has 6 nitrogen and oxygen atoms in total. The maximum atomic E-state index is 14.0. The monoisotopic (exact) mass is 374 g/mol. The third-order valence-corrected chi connectivity index (χ3v) is 5.80. The van der Waals surface area contributed by atoms with Crippen molar-refractivity contribution in [3.63, 3.8) is 0 Å². The van der Waals surface area contributed by atoms with E-state index in [-0.39, 0.29) is 27.0 Å². The molecule has 2 aromatic carbocycles. The molecule has 0 aliphatic rings. The van der Waals surface area contributed by atoms with Crippen molar-refractivity contribution in [1.29, 1.82) is 0 Å². The lowest BCUT2D eigenvalue weighted by Crippen LogP contribution is -2.28. The average Bonchev–Trinajstić information content (AvgIpc) is 2.67. The first-order chi connectivity index (χ1) is 12.4. The summed E-state index contributed by atoms with van der Waals surface area (Å²) in [4.78, 5) is 15.8. The number of carbonyl (C=O) groups excluding carboxylic acids is 1. The van der Waals surface area contributed by atoms with Crippen molar-refractivity contribution in [3.05, 3.63) is 66.1 Å². The van der Waals surface area contributed by atoms with Crippen LogP contribution in [0.1, 0.15) is 10.4 Å². The highest BCUT2D eigenvalue weighted by molar-refractivity contribution is 7.93. The fourth-order valence-electron chi connectivity index (χ4n) is 2.64. The number of halogens is 1. The highest BCUT2D eigenvalue weighted by atomic mass is 32.2. The molecule has 26 heavy (non-hydrogen) atoms. The lowest BCUT2D eigenvalue weighted by molar-refractivity contribution is 0.0601. The first-order valence-corrected chi connectivity index (χ1v) is 9.01. The SMILES string of the molecule is COC(=O)c1ccccc1N(C)S(=O)(=O)c1ccc(F)c2ncccc12. The number of sulfonamides is 1. The predicted octanol–water partition coefficient (Wildman–Crippen LogP) is 2.99. The van der Waals surface area contributed by atoms with Crippen LogP contribution in [0.4, 0.5) is 10.1 Å². The van der Waals surface area contributed by atoms with Gasteiger partial charge in [-0.1, -0.05) is 12.1 Å². The molecule has 0 atom stereocenters. The molecule has 0 radical (unpaired) electrons. The van der Waals surface area contributed by atoms with Crippen LogP contribution in [-0.2, 0) is 14.8 Å². The topological polar surface area (TPSA) is 76.6 Å². The molecule has 1 heterocycles. The van der Waals surface area contributed by atoms with Crippen LogP contribution in [0, 0.1) is 5.82 Å². The van der Waals surface area contributed by atoms with Gasteiger partial charge >= 0.3 is 5.97 Å². The molecular weight excluding hydrogens is 359 g/mol. The average molecular weight is 374 g/mol. The molecular formula is C18H15FN2O4S. The summed E-state index contributed by atoms with van der Waals surface area (Å²) in [5.74, 6) is -1.27. The van der Waals surface area contributed by atoms with Gasteiger partial charge in [-0.05, 0) is 36.4 Å². The summed E-state index contributed by atoms with van der Waals surface area (Å²) < 4.78 is 45.9. The molecule has 8 heteroatoms. The van der Waals surface area contributed by atoms with Crippen LogP contribution in [0.2, 0.25) is 0 Å². The molecule has 1 aromatic heterocycles. The molecule has 134 valence electrons. The molecule has 0 saturated heterocycles. The number of fused-ring (bicyclic) bond motifs is 1. The number of anilines is 1. The van der Waals surface area contributed by atoms with Crippen LogP contribution in [0.3, 0.4) is 0 Å². The molecule has 0 saturated carbocycles. The number of nitrogens with zero attached hydrogens (tertiary/aromatic N) is 2. The Labute approximate surface area is 149 Å². The standard InChI is InChI=1S/C18H15FN2O4S/c1-21(15-8-4-3-6-12(15)18(22)25-2)26(23,24)16-10-9-14(19)17-13(16)7-5-11-20-17/h3-11H,1-2H3.